The second kappa shape index (κ2) is 6.41. The van der Waals surface area contributed by atoms with E-state index in [1.165, 1.54) is 0 Å². The van der Waals surface area contributed by atoms with Crippen LogP contribution in [0.2, 0.25) is 10.0 Å². The van der Waals surface area contributed by atoms with Crippen molar-refractivity contribution in [1.82, 2.24) is 15.1 Å². The van der Waals surface area contributed by atoms with Crippen molar-refractivity contribution in [2.45, 2.75) is 46.1 Å². The molecule has 2 heterocycles. The number of aryl methyl sites for hydroxylation is 2. The molecule has 2 unspecified atom stereocenters. The molecule has 1 aliphatic rings. The number of fused-ring (bicyclic) bond motifs is 1. The average Bonchev–Trinajstić information content (AvgIpc) is 2.86. The largest absolute Gasteiger partial charge is 0.335 e. The van der Waals surface area contributed by atoms with Gasteiger partial charge in [-0.25, -0.2) is 0 Å². The number of rotatable bonds is 2. The van der Waals surface area contributed by atoms with Crippen molar-refractivity contribution < 1.29 is 4.79 Å². The van der Waals surface area contributed by atoms with Gasteiger partial charge in [-0.2, -0.15) is 5.10 Å². The molecule has 1 aromatic heterocycles. The quantitative estimate of drug-likeness (QED) is 0.846. The van der Waals surface area contributed by atoms with Crippen molar-refractivity contribution >= 4 is 29.1 Å². The Balaban J connectivity index is 1.92. The standard InChI is InChI=1S/C18H21Cl2N3O/c1-9(17-10(2)21-22-11(17)3)18(24)23-6-5-14-15(12(23)4)7-13(19)8-16(14)20/h7-9,12H,5-6H2,1-4H3,(H,21,22). The third-order valence-corrected chi connectivity index (χ3v) is 5.54. The van der Waals surface area contributed by atoms with Crippen molar-refractivity contribution in [1.29, 1.82) is 0 Å². The number of carbonyl (C=O) groups excluding carboxylic acids is 1. The van der Waals surface area contributed by atoms with E-state index in [1.54, 1.807) is 6.07 Å². The van der Waals surface area contributed by atoms with Gasteiger partial charge in [0, 0.05) is 27.8 Å². The van der Waals surface area contributed by atoms with Gasteiger partial charge < -0.3 is 4.90 Å². The zero-order valence-corrected chi connectivity index (χ0v) is 15.8. The van der Waals surface area contributed by atoms with Crippen LogP contribution in [0.3, 0.4) is 0 Å². The first kappa shape index (κ1) is 17.3. The summed E-state index contributed by atoms with van der Waals surface area (Å²) < 4.78 is 0. The normalized spacial score (nSPS) is 18.4. The van der Waals surface area contributed by atoms with E-state index in [0.717, 1.165) is 34.5 Å². The molecule has 0 saturated heterocycles. The van der Waals surface area contributed by atoms with Gasteiger partial charge in [0.25, 0.3) is 0 Å². The first-order valence-electron chi connectivity index (χ1n) is 8.11. The molecule has 2 aromatic rings. The summed E-state index contributed by atoms with van der Waals surface area (Å²) in [5.74, 6) is -0.126. The minimum Gasteiger partial charge on any atom is -0.335 e. The topological polar surface area (TPSA) is 49.0 Å². The second-order valence-corrected chi connectivity index (χ2v) is 7.33. The summed E-state index contributed by atoms with van der Waals surface area (Å²) in [5, 5.41) is 8.47. The lowest BCUT2D eigenvalue weighted by Crippen LogP contribution is -2.41. The number of amides is 1. The molecule has 0 aliphatic carbocycles. The number of halogens is 2. The molecule has 4 nitrogen and oxygen atoms in total. The summed E-state index contributed by atoms with van der Waals surface area (Å²) in [6, 6.07) is 3.64. The van der Waals surface area contributed by atoms with Gasteiger partial charge in [0.05, 0.1) is 17.7 Å². The van der Waals surface area contributed by atoms with Gasteiger partial charge in [0.2, 0.25) is 5.91 Å². The zero-order chi connectivity index (χ0) is 17.6. The Labute approximate surface area is 152 Å². The van der Waals surface area contributed by atoms with Gasteiger partial charge in [-0.1, -0.05) is 23.2 Å². The number of carbonyl (C=O) groups is 1. The summed E-state index contributed by atoms with van der Waals surface area (Å²) in [6.45, 7) is 8.52. The lowest BCUT2D eigenvalue weighted by molar-refractivity contribution is -0.135. The predicted molar refractivity (Wildman–Crippen MR) is 96.8 cm³/mol. The SMILES string of the molecule is Cc1n[nH]c(C)c1C(C)C(=O)N1CCc2c(Cl)cc(Cl)cc2C1C. The van der Waals surface area contributed by atoms with Gasteiger partial charge in [-0.15, -0.1) is 0 Å². The fourth-order valence-corrected chi connectivity index (χ4v) is 4.33. The van der Waals surface area contributed by atoms with E-state index >= 15 is 0 Å². The number of nitrogens with zero attached hydrogens (tertiary/aromatic N) is 2. The monoisotopic (exact) mass is 365 g/mol. The Morgan fingerprint density at radius 1 is 1.38 bits per heavy atom. The highest BCUT2D eigenvalue weighted by molar-refractivity contribution is 6.35. The minimum atomic E-state index is -0.234. The second-order valence-electron chi connectivity index (χ2n) is 6.48. The molecule has 1 aliphatic heterocycles. The zero-order valence-electron chi connectivity index (χ0n) is 14.3. The van der Waals surface area contributed by atoms with Crippen molar-refractivity contribution in [3.63, 3.8) is 0 Å². The van der Waals surface area contributed by atoms with Crippen LogP contribution < -0.4 is 0 Å². The maximum Gasteiger partial charge on any atom is 0.230 e. The van der Waals surface area contributed by atoms with Gasteiger partial charge >= 0.3 is 0 Å². The Kier molecular flexibility index (Phi) is 4.63. The maximum atomic E-state index is 13.1. The van der Waals surface area contributed by atoms with Crippen LogP contribution in [0.1, 0.15) is 53.9 Å². The van der Waals surface area contributed by atoms with Crippen LogP contribution in [0.4, 0.5) is 0 Å². The van der Waals surface area contributed by atoms with Crippen LogP contribution in [0.5, 0.6) is 0 Å². The summed E-state index contributed by atoms with van der Waals surface area (Å²) in [4.78, 5) is 15.0. The summed E-state index contributed by atoms with van der Waals surface area (Å²) in [7, 11) is 0. The van der Waals surface area contributed by atoms with Crippen LogP contribution in [0.25, 0.3) is 0 Å². The first-order valence-corrected chi connectivity index (χ1v) is 8.86. The highest BCUT2D eigenvalue weighted by Crippen LogP contribution is 2.37. The van der Waals surface area contributed by atoms with Crippen LogP contribution in [-0.4, -0.2) is 27.5 Å². The number of H-pyrrole nitrogens is 1. The van der Waals surface area contributed by atoms with Crippen molar-refractivity contribution in [3.8, 4) is 0 Å². The number of hydrogen-bond acceptors (Lipinski definition) is 2. The molecule has 0 bridgehead atoms. The van der Waals surface area contributed by atoms with Gasteiger partial charge in [0.1, 0.15) is 0 Å². The molecule has 0 radical (unpaired) electrons. The maximum absolute atomic E-state index is 13.1. The first-order chi connectivity index (χ1) is 11.3. The Hall–Kier alpha value is -1.52. The molecule has 1 N–H and O–H groups in total. The molecule has 2 atom stereocenters. The van der Waals surface area contributed by atoms with Crippen LogP contribution in [0, 0.1) is 13.8 Å². The number of benzene rings is 1. The van der Waals surface area contributed by atoms with Crippen LogP contribution in [-0.2, 0) is 11.2 Å². The van der Waals surface area contributed by atoms with Crippen molar-refractivity contribution in [2.24, 2.45) is 0 Å². The molecular weight excluding hydrogens is 345 g/mol. The fraction of sp³-hybridized carbons (Fsp3) is 0.444. The van der Waals surface area contributed by atoms with E-state index in [0.29, 0.717) is 16.6 Å². The summed E-state index contributed by atoms with van der Waals surface area (Å²) in [5.41, 5.74) is 4.96. The third-order valence-electron chi connectivity index (χ3n) is 4.99. The van der Waals surface area contributed by atoms with E-state index in [4.69, 9.17) is 23.2 Å². The van der Waals surface area contributed by atoms with E-state index in [2.05, 4.69) is 10.2 Å². The predicted octanol–water partition coefficient (Wildman–Crippen LogP) is 4.58. The van der Waals surface area contributed by atoms with Gasteiger partial charge in [-0.05, 0) is 57.4 Å². The average molecular weight is 366 g/mol. The van der Waals surface area contributed by atoms with Gasteiger partial charge in [-0.3, -0.25) is 9.89 Å². The molecule has 6 heteroatoms. The van der Waals surface area contributed by atoms with E-state index < -0.39 is 0 Å². The van der Waals surface area contributed by atoms with Crippen molar-refractivity contribution in [3.05, 3.63) is 50.3 Å². The molecule has 24 heavy (non-hydrogen) atoms. The van der Waals surface area contributed by atoms with E-state index in [1.807, 2.05) is 38.7 Å². The third kappa shape index (κ3) is 2.82. The van der Waals surface area contributed by atoms with Crippen LogP contribution >= 0.6 is 23.2 Å². The number of nitrogens with one attached hydrogen (secondary N) is 1. The number of aromatic nitrogens is 2. The van der Waals surface area contributed by atoms with Gasteiger partial charge in [0.15, 0.2) is 0 Å². The molecule has 0 saturated carbocycles. The van der Waals surface area contributed by atoms with E-state index in [9.17, 15) is 4.79 Å². The molecular formula is C18H21Cl2N3O. The highest BCUT2D eigenvalue weighted by atomic mass is 35.5. The molecule has 128 valence electrons. The smallest absolute Gasteiger partial charge is 0.230 e. The summed E-state index contributed by atoms with van der Waals surface area (Å²) in [6.07, 6.45) is 0.748. The lowest BCUT2D eigenvalue weighted by Gasteiger charge is -2.37. The van der Waals surface area contributed by atoms with Crippen LogP contribution in [0.15, 0.2) is 12.1 Å². The lowest BCUT2D eigenvalue weighted by atomic mass is 9.90. The Morgan fingerprint density at radius 3 is 2.71 bits per heavy atom. The fourth-order valence-electron chi connectivity index (χ4n) is 3.72. The minimum absolute atomic E-state index is 0.0487. The molecule has 0 fully saturated rings. The number of hydrogen-bond donors (Lipinski definition) is 1. The van der Waals surface area contributed by atoms with Crippen molar-refractivity contribution in [2.75, 3.05) is 6.54 Å². The molecule has 1 aromatic carbocycles. The summed E-state index contributed by atoms with van der Waals surface area (Å²) >= 11 is 12.5. The Morgan fingerprint density at radius 2 is 2.08 bits per heavy atom. The van der Waals surface area contributed by atoms with E-state index in [-0.39, 0.29) is 17.9 Å². The number of aromatic amines is 1. The molecule has 1 amide bonds. The Bertz CT molecular complexity index is 780. The molecule has 0 spiro atoms. The molecule has 3 rings (SSSR count). The highest BCUT2D eigenvalue weighted by Gasteiger charge is 2.33.